The summed E-state index contributed by atoms with van der Waals surface area (Å²) >= 11 is 0. The quantitative estimate of drug-likeness (QED) is 0.649. The van der Waals surface area contributed by atoms with Crippen LogP contribution in [-0.2, 0) is 4.74 Å². The van der Waals surface area contributed by atoms with Gasteiger partial charge in [0.15, 0.2) is 0 Å². The summed E-state index contributed by atoms with van der Waals surface area (Å²) in [5.41, 5.74) is 0. The molecule has 0 saturated heterocycles. The Morgan fingerprint density at radius 1 is 1.36 bits per heavy atom. The second kappa shape index (κ2) is 6.41. The molecule has 0 heterocycles. The Balaban J connectivity index is 1.92. The summed E-state index contributed by atoms with van der Waals surface area (Å²) in [5, 5.41) is 3.53. The molecule has 2 atom stereocenters. The Morgan fingerprint density at radius 3 is 2.64 bits per heavy atom. The Kier molecular flexibility index (Phi) is 5.49. The molecule has 1 fully saturated rings. The van der Waals surface area contributed by atoms with Crippen LogP contribution in [0, 0.1) is 5.92 Å². The molecule has 0 bridgehead atoms. The summed E-state index contributed by atoms with van der Waals surface area (Å²) in [5.74, 6) is 0.648. The van der Waals surface area contributed by atoms with E-state index in [0.717, 1.165) is 19.2 Å². The van der Waals surface area contributed by atoms with Crippen molar-refractivity contribution in [3.63, 3.8) is 0 Å². The molecule has 1 aliphatic rings. The van der Waals surface area contributed by atoms with E-state index in [-0.39, 0.29) is 0 Å². The monoisotopic (exact) mass is 199 g/mol. The molecule has 2 nitrogen and oxygen atoms in total. The molecule has 0 aromatic rings. The first kappa shape index (κ1) is 12.0. The molecule has 1 aliphatic carbocycles. The summed E-state index contributed by atoms with van der Waals surface area (Å²) in [7, 11) is 0. The van der Waals surface area contributed by atoms with Crippen LogP contribution in [0.15, 0.2) is 0 Å². The van der Waals surface area contributed by atoms with E-state index >= 15 is 0 Å². The molecule has 2 unspecified atom stereocenters. The fraction of sp³-hybridized carbons (Fsp3) is 1.00. The smallest absolute Gasteiger partial charge is 0.0547 e. The number of rotatable bonds is 8. The van der Waals surface area contributed by atoms with E-state index in [1.165, 1.54) is 25.7 Å². The lowest BCUT2D eigenvalue weighted by Crippen LogP contribution is -2.27. The molecule has 0 aliphatic heterocycles. The first-order valence-electron chi connectivity index (χ1n) is 6.07. The van der Waals surface area contributed by atoms with Crippen molar-refractivity contribution in [2.24, 2.45) is 5.92 Å². The average Bonchev–Trinajstić information content (AvgIpc) is 2.95. The predicted octanol–water partition coefficient (Wildman–Crippen LogP) is 2.58. The molecule has 14 heavy (non-hydrogen) atoms. The lowest BCUT2D eigenvalue weighted by atomic mass is 10.2. The largest absolute Gasteiger partial charge is 0.378 e. The molecule has 84 valence electrons. The van der Waals surface area contributed by atoms with Crippen LogP contribution in [-0.4, -0.2) is 25.3 Å². The third-order valence-corrected chi connectivity index (χ3v) is 2.69. The number of hydrogen-bond donors (Lipinski definition) is 1. The van der Waals surface area contributed by atoms with Gasteiger partial charge in [0.2, 0.25) is 0 Å². The van der Waals surface area contributed by atoms with E-state index in [4.69, 9.17) is 4.74 Å². The van der Waals surface area contributed by atoms with Gasteiger partial charge in [0.05, 0.1) is 12.7 Å². The molecule has 0 aromatic heterocycles. The van der Waals surface area contributed by atoms with Crippen LogP contribution in [0.2, 0.25) is 0 Å². The third kappa shape index (κ3) is 5.61. The van der Waals surface area contributed by atoms with Crippen molar-refractivity contribution in [1.82, 2.24) is 5.32 Å². The van der Waals surface area contributed by atoms with Gasteiger partial charge in [-0.2, -0.15) is 0 Å². The van der Waals surface area contributed by atoms with Crippen LogP contribution >= 0.6 is 0 Å². The Labute approximate surface area is 88.4 Å². The van der Waals surface area contributed by atoms with Gasteiger partial charge in [-0.3, -0.25) is 0 Å². The fourth-order valence-corrected chi connectivity index (χ4v) is 1.53. The van der Waals surface area contributed by atoms with Gasteiger partial charge in [0.1, 0.15) is 0 Å². The van der Waals surface area contributed by atoms with E-state index in [9.17, 15) is 0 Å². The van der Waals surface area contributed by atoms with Crippen molar-refractivity contribution >= 4 is 0 Å². The molecule has 0 radical (unpaired) electrons. The normalized spacial score (nSPS) is 20.8. The molecule has 1 rings (SSSR count). The van der Waals surface area contributed by atoms with Crippen molar-refractivity contribution in [1.29, 1.82) is 0 Å². The maximum Gasteiger partial charge on any atom is 0.0547 e. The van der Waals surface area contributed by atoms with E-state index in [1.54, 1.807) is 0 Å². The fourth-order valence-electron chi connectivity index (χ4n) is 1.53. The van der Waals surface area contributed by atoms with E-state index in [2.05, 4.69) is 26.1 Å². The van der Waals surface area contributed by atoms with Gasteiger partial charge in [-0.25, -0.2) is 0 Å². The molecule has 1 saturated carbocycles. The lowest BCUT2D eigenvalue weighted by molar-refractivity contribution is 0.0386. The van der Waals surface area contributed by atoms with Gasteiger partial charge in [-0.1, -0.05) is 20.3 Å². The Bertz CT molecular complexity index is 145. The summed E-state index contributed by atoms with van der Waals surface area (Å²) in [4.78, 5) is 0. The molecule has 1 N–H and O–H groups in total. The van der Waals surface area contributed by atoms with E-state index in [0.29, 0.717) is 12.0 Å². The highest BCUT2D eigenvalue weighted by molar-refractivity contribution is 4.81. The molecule has 0 aromatic carbocycles. The highest BCUT2D eigenvalue weighted by Gasteiger charge is 2.20. The highest BCUT2D eigenvalue weighted by atomic mass is 16.5. The lowest BCUT2D eigenvalue weighted by Gasteiger charge is -2.16. The first-order chi connectivity index (χ1) is 6.72. The van der Waals surface area contributed by atoms with Crippen molar-refractivity contribution in [3.8, 4) is 0 Å². The van der Waals surface area contributed by atoms with Gasteiger partial charge in [0.25, 0.3) is 0 Å². The maximum absolute atomic E-state index is 5.76. The Morgan fingerprint density at radius 2 is 2.07 bits per heavy atom. The maximum atomic E-state index is 5.76. The first-order valence-corrected chi connectivity index (χ1v) is 6.07. The van der Waals surface area contributed by atoms with Crippen LogP contribution in [0.25, 0.3) is 0 Å². The molecule has 0 amide bonds. The topological polar surface area (TPSA) is 21.3 Å². The second-order valence-electron chi connectivity index (χ2n) is 4.72. The van der Waals surface area contributed by atoms with Crippen molar-refractivity contribution in [3.05, 3.63) is 0 Å². The second-order valence-corrected chi connectivity index (χ2v) is 4.72. The molecular formula is C12H25NO. The highest BCUT2D eigenvalue weighted by Crippen LogP contribution is 2.18. The number of nitrogens with one attached hydrogen (secondary N) is 1. The SMILES string of the molecule is CCCC(C)OCC(C)CNC1CC1. The van der Waals surface area contributed by atoms with Crippen molar-refractivity contribution < 1.29 is 4.74 Å². The van der Waals surface area contributed by atoms with Crippen LogP contribution in [0.1, 0.15) is 46.5 Å². The molecule has 0 spiro atoms. The van der Waals surface area contributed by atoms with Gasteiger partial charge in [0, 0.05) is 12.6 Å². The molecular weight excluding hydrogens is 174 g/mol. The standard InChI is InChI=1S/C12H25NO/c1-4-5-11(3)14-9-10(2)8-13-12-6-7-12/h10-13H,4-9H2,1-3H3. The van der Waals surface area contributed by atoms with Gasteiger partial charge >= 0.3 is 0 Å². The minimum absolute atomic E-state index is 0.434. The Hall–Kier alpha value is -0.0800. The zero-order valence-electron chi connectivity index (χ0n) is 9.88. The minimum Gasteiger partial charge on any atom is -0.378 e. The summed E-state index contributed by atoms with van der Waals surface area (Å²) in [6.07, 6.45) is 5.58. The van der Waals surface area contributed by atoms with E-state index in [1.807, 2.05) is 0 Å². The summed E-state index contributed by atoms with van der Waals surface area (Å²) in [6.45, 7) is 8.65. The molecule has 2 heteroatoms. The van der Waals surface area contributed by atoms with Crippen LogP contribution in [0.3, 0.4) is 0 Å². The van der Waals surface area contributed by atoms with Gasteiger partial charge in [-0.05, 0) is 32.1 Å². The number of hydrogen-bond acceptors (Lipinski definition) is 2. The zero-order chi connectivity index (χ0) is 10.4. The van der Waals surface area contributed by atoms with Crippen LogP contribution < -0.4 is 5.32 Å². The summed E-state index contributed by atoms with van der Waals surface area (Å²) < 4.78 is 5.76. The van der Waals surface area contributed by atoms with Gasteiger partial charge in [-0.15, -0.1) is 0 Å². The van der Waals surface area contributed by atoms with Crippen LogP contribution in [0.5, 0.6) is 0 Å². The summed E-state index contributed by atoms with van der Waals surface area (Å²) in [6, 6.07) is 0.825. The van der Waals surface area contributed by atoms with E-state index < -0.39 is 0 Å². The predicted molar refractivity (Wildman–Crippen MR) is 60.5 cm³/mol. The average molecular weight is 199 g/mol. The van der Waals surface area contributed by atoms with Crippen LogP contribution in [0.4, 0.5) is 0 Å². The zero-order valence-corrected chi connectivity index (χ0v) is 9.88. The number of ether oxygens (including phenoxy) is 1. The van der Waals surface area contributed by atoms with Crippen molar-refractivity contribution in [2.45, 2.75) is 58.6 Å². The van der Waals surface area contributed by atoms with Gasteiger partial charge < -0.3 is 10.1 Å². The third-order valence-electron chi connectivity index (χ3n) is 2.69. The van der Waals surface area contributed by atoms with Crippen molar-refractivity contribution in [2.75, 3.05) is 13.2 Å². The minimum atomic E-state index is 0.434.